The average molecular weight is 434 g/mol. The molecular weight excluding hydrogens is 405 g/mol. The van der Waals surface area contributed by atoms with Gasteiger partial charge in [-0.1, -0.05) is 64.1 Å². The Hall–Kier alpha value is -3.47. The zero-order chi connectivity index (χ0) is 23.3. The number of hydrogen-bond donors (Lipinski definition) is 1. The smallest absolute Gasteiger partial charge is 0.265 e. The lowest BCUT2D eigenvalue weighted by Gasteiger charge is -2.19. The molecule has 0 saturated heterocycles. The summed E-state index contributed by atoms with van der Waals surface area (Å²) in [5, 5.41) is 2.81. The fraction of sp³-hybridized carbons (Fsp3) is 0.259. The second-order valence-electron chi connectivity index (χ2n) is 8.70. The van der Waals surface area contributed by atoms with Crippen molar-refractivity contribution in [3.05, 3.63) is 95.3 Å². The predicted octanol–water partition coefficient (Wildman–Crippen LogP) is 6.15. The van der Waals surface area contributed by atoms with Gasteiger partial charge in [0.05, 0.1) is 0 Å². The second kappa shape index (κ2) is 9.77. The first-order valence-corrected chi connectivity index (χ1v) is 10.7. The van der Waals surface area contributed by atoms with Crippen LogP contribution in [0.1, 0.15) is 55.6 Å². The average Bonchev–Trinajstić information content (AvgIpc) is 2.77. The quantitative estimate of drug-likeness (QED) is 0.455. The molecule has 5 heteroatoms. The summed E-state index contributed by atoms with van der Waals surface area (Å²) >= 11 is 0. The summed E-state index contributed by atoms with van der Waals surface area (Å²) in [6, 6.07) is 20.0. The van der Waals surface area contributed by atoms with Crippen molar-refractivity contribution in [1.82, 2.24) is 0 Å². The van der Waals surface area contributed by atoms with Gasteiger partial charge in [-0.25, -0.2) is 4.39 Å². The number of amides is 1. The Morgan fingerprint density at radius 2 is 1.59 bits per heavy atom. The first-order valence-electron chi connectivity index (χ1n) is 10.7. The van der Waals surface area contributed by atoms with Gasteiger partial charge in [0.2, 0.25) is 0 Å². The number of carbonyl (C=O) groups excluding carboxylic acids is 2. The van der Waals surface area contributed by atoms with Gasteiger partial charge in [-0.2, -0.15) is 0 Å². The van der Waals surface area contributed by atoms with E-state index in [9.17, 15) is 14.0 Å². The molecule has 3 aromatic rings. The van der Waals surface area contributed by atoms with Gasteiger partial charge >= 0.3 is 0 Å². The summed E-state index contributed by atoms with van der Waals surface area (Å²) in [4.78, 5) is 25.6. The molecule has 1 N–H and O–H groups in total. The van der Waals surface area contributed by atoms with E-state index in [0.29, 0.717) is 29.0 Å². The van der Waals surface area contributed by atoms with Crippen molar-refractivity contribution in [1.29, 1.82) is 0 Å². The molecule has 0 bridgehead atoms. The van der Waals surface area contributed by atoms with Crippen molar-refractivity contribution in [3.63, 3.8) is 0 Å². The first kappa shape index (κ1) is 23.2. The highest BCUT2D eigenvalue weighted by molar-refractivity contribution is 6.09. The number of halogens is 1. The molecule has 3 rings (SSSR count). The van der Waals surface area contributed by atoms with Gasteiger partial charge < -0.3 is 10.1 Å². The highest BCUT2D eigenvalue weighted by Crippen LogP contribution is 2.23. The Kier molecular flexibility index (Phi) is 7.08. The summed E-state index contributed by atoms with van der Waals surface area (Å²) in [5.74, 6) is -0.410. The van der Waals surface area contributed by atoms with Crippen molar-refractivity contribution in [2.45, 2.75) is 45.6 Å². The lowest BCUT2D eigenvalue weighted by molar-refractivity contribution is -0.122. The van der Waals surface area contributed by atoms with Crippen LogP contribution in [-0.4, -0.2) is 17.8 Å². The molecule has 32 heavy (non-hydrogen) atoms. The maximum Gasteiger partial charge on any atom is 0.265 e. The molecule has 0 spiro atoms. The van der Waals surface area contributed by atoms with E-state index in [1.165, 1.54) is 24.3 Å². The van der Waals surface area contributed by atoms with E-state index in [1.54, 1.807) is 24.3 Å². The largest absolute Gasteiger partial charge is 0.481 e. The Bertz CT molecular complexity index is 1080. The number of ketones is 1. The van der Waals surface area contributed by atoms with Crippen LogP contribution in [0.3, 0.4) is 0 Å². The number of rotatable bonds is 7. The van der Waals surface area contributed by atoms with Crippen LogP contribution < -0.4 is 10.1 Å². The van der Waals surface area contributed by atoms with E-state index in [1.807, 2.05) is 31.2 Å². The molecule has 3 aromatic carbocycles. The van der Waals surface area contributed by atoms with E-state index in [0.717, 1.165) is 5.56 Å². The summed E-state index contributed by atoms with van der Waals surface area (Å²) in [6.07, 6.45) is -0.313. The molecule has 0 fully saturated rings. The van der Waals surface area contributed by atoms with Crippen molar-refractivity contribution in [3.8, 4) is 5.75 Å². The third-order valence-electron chi connectivity index (χ3n) is 5.16. The molecule has 1 atom stereocenters. The minimum absolute atomic E-state index is 0.0115. The Morgan fingerprint density at radius 1 is 0.938 bits per heavy atom. The van der Waals surface area contributed by atoms with Crippen LogP contribution in [0, 0.1) is 5.82 Å². The Morgan fingerprint density at radius 3 is 2.19 bits per heavy atom. The molecule has 166 valence electrons. The predicted molar refractivity (Wildman–Crippen MR) is 125 cm³/mol. The third kappa shape index (κ3) is 5.82. The Balaban J connectivity index is 1.71. The van der Waals surface area contributed by atoms with Crippen molar-refractivity contribution >= 4 is 17.4 Å². The van der Waals surface area contributed by atoms with Gasteiger partial charge in [0.1, 0.15) is 11.6 Å². The minimum atomic E-state index is -0.746. The summed E-state index contributed by atoms with van der Waals surface area (Å²) in [5.41, 5.74) is 2.75. The molecule has 0 aliphatic heterocycles. The molecule has 0 aliphatic rings. The number of hydrogen-bond acceptors (Lipinski definition) is 3. The molecule has 0 unspecified atom stereocenters. The fourth-order valence-corrected chi connectivity index (χ4v) is 3.25. The molecule has 0 heterocycles. The minimum Gasteiger partial charge on any atom is -0.481 e. The van der Waals surface area contributed by atoms with E-state index < -0.39 is 6.10 Å². The summed E-state index contributed by atoms with van der Waals surface area (Å²) < 4.78 is 18.8. The van der Waals surface area contributed by atoms with Crippen molar-refractivity contribution in [2.24, 2.45) is 0 Å². The van der Waals surface area contributed by atoms with Gasteiger partial charge in [-0.3, -0.25) is 9.59 Å². The zero-order valence-electron chi connectivity index (χ0n) is 18.8. The lowest BCUT2D eigenvalue weighted by atomic mass is 9.86. The summed E-state index contributed by atoms with van der Waals surface area (Å²) in [6.45, 7) is 8.20. The highest BCUT2D eigenvalue weighted by atomic mass is 19.1. The number of carbonyl (C=O) groups is 2. The topological polar surface area (TPSA) is 55.4 Å². The number of ether oxygens (including phenoxy) is 1. The molecule has 4 nitrogen and oxygen atoms in total. The van der Waals surface area contributed by atoms with Crippen LogP contribution in [-0.2, 0) is 10.2 Å². The van der Waals surface area contributed by atoms with Gasteiger partial charge in [-0.05, 0) is 53.8 Å². The molecule has 0 saturated carbocycles. The van der Waals surface area contributed by atoms with Crippen LogP contribution in [0.15, 0.2) is 72.8 Å². The van der Waals surface area contributed by atoms with Crippen molar-refractivity contribution in [2.75, 3.05) is 5.32 Å². The SMILES string of the molecule is CC[C@H](Oc1ccc(F)cc1)C(=O)Nc1cccc(C(=O)c2ccc(C(C)(C)C)cc2)c1. The molecule has 0 radical (unpaired) electrons. The van der Waals surface area contributed by atoms with Gasteiger partial charge in [0.15, 0.2) is 11.9 Å². The van der Waals surface area contributed by atoms with Crippen LogP contribution in [0.25, 0.3) is 0 Å². The van der Waals surface area contributed by atoms with Gasteiger partial charge in [0.25, 0.3) is 5.91 Å². The second-order valence-corrected chi connectivity index (χ2v) is 8.70. The molecule has 1 amide bonds. The van der Waals surface area contributed by atoms with Gasteiger partial charge in [-0.15, -0.1) is 0 Å². The van der Waals surface area contributed by atoms with E-state index in [2.05, 4.69) is 26.1 Å². The van der Waals surface area contributed by atoms with Crippen LogP contribution >= 0.6 is 0 Å². The molecular formula is C27H28FNO3. The maximum absolute atomic E-state index is 13.1. The monoisotopic (exact) mass is 433 g/mol. The van der Waals surface area contributed by atoms with Crippen molar-refractivity contribution < 1.29 is 18.7 Å². The maximum atomic E-state index is 13.1. The van der Waals surface area contributed by atoms with Crippen LogP contribution in [0.2, 0.25) is 0 Å². The third-order valence-corrected chi connectivity index (χ3v) is 5.16. The van der Waals surface area contributed by atoms with E-state index in [-0.39, 0.29) is 22.9 Å². The van der Waals surface area contributed by atoms with Crippen LogP contribution in [0.5, 0.6) is 5.75 Å². The standard InChI is InChI=1S/C27H28FNO3/c1-5-24(32-23-15-13-21(28)14-16-23)26(31)29-22-8-6-7-19(17-22)25(30)18-9-11-20(12-10-18)27(2,3)4/h6-17,24H,5H2,1-4H3,(H,29,31)/t24-/m0/s1. The molecule has 0 aromatic heterocycles. The molecule has 0 aliphatic carbocycles. The Labute approximate surface area is 188 Å². The normalized spacial score (nSPS) is 12.2. The van der Waals surface area contributed by atoms with Crippen LogP contribution in [0.4, 0.5) is 10.1 Å². The zero-order valence-corrected chi connectivity index (χ0v) is 18.8. The van der Waals surface area contributed by atoms with E-state index in [4.69, 9.17) is 4.74 Å². The number of benzene rings is 3. The number of anilines is 1. The number of nitrogens with one attached hydrogen (secondary N) is 1. The summed E-state index contributed by atoms with van der Waals surface area (Å²) in [7, 11) is 0. The first-order chi connectivity index (χ1) is 15.2. The van der Waals surface area contributed by atoms with E-state index >= 15 is 0 Å². The highest BCUT2D eigenvalue weighted by Gasteiger charge is 2.20. The lowest BCUT2D eigenvalue weighted by Crippen LogP contribution is -2.32. The fourth-order valence-electron chi connectivity index (χ4n) is 3.25. The van der Waals surface area contributed by atoms with Gasteiger partial charge in [0, 0.05) is 16.8 Å².